The highest BCUT2D eigenvalue weighted by molar-refractivity contribution is 14.1. The van der Waals surface area contributed by atoms with E-state index in [1.54, 1.807) is 13.1 Å². The molecule has 0 saturated heterocycles. The first-order chi connectivity index (χ1) is 6.09. The molecule has 68 valence electrons. The smallest absolute Gasteiger partial charge is 0.408 e. The number of fused-ring (bicyclic) bond motifs is 1. The van der Waals surface area contributed by atoms with Crippen molar-refractivity contribution in [3.05, 3.63) is 32.1 Å². The van der Waals surface area contributed by atoms with Crippen molar-refractivity contribution in [1.82, 2.24) is 4.57 Å². The summed E-state index contributed by atoms with van der Waals surface area (Å²) < 4.78 is 19.6. The van der Waals surface area contributed by atoms with Crippen LogP contribution in [0.2, 0.25) is 0 Å². The minimum absolute atomic E-state index is 0.283. The minimum atomic E-state index is -0.476. The van der Waals surface area contributed by atoms with Crippen LogP contribution >= 0.6 is 22.6 Å². The summed E-state index contributed by atoms with van der Waals surface area (Å²) in [4.78, 5) is 11.0. The van der Waals surface area contributed by atoms with Crippen LogP contribution in [0.25, 0.3) is 11.1 Å². The maximum absolute atomic E-state index is 13.0. The number of hydrogen-bond donors (Lipinski definition) is 0. The summed E-state index contributed by atoms with van der Waals surface area (Å²) in [6.45, 7) is 0. The third-order valence-corrected chi connectivity index (χ3v) is 2.66. The molecule has 13 heavy (non-hydrogen) atoms. The zero-order valence-electron chi connectivity index (χ0n) is 6.67. The van der Waals surface area contributed by atoms with Crippen LogP contribution in [-0.4, -0.2) is 4.57 Å². The fourth-order valence-electron chi connectivity index (χ4n) is 1.12. The second kappa shape index (κ2) is 2.83. The maximum Gasteiger partial charge on any atom is 0.419 e. The fraction of sp³-hybridized carbons (Fsp3) is 0.125. The molecule has 0 saturated carbocycles. The number of oxazole rings is 1. The molecular formula is C8H5FINO2. The van der Waals surface area contributed by atoms with E-state index in [2.05, 4.69) is 0 Å². The summed E-state index contributed by atoms with van der Waals surface area (Å²) in [5, 5.41) is 0. The molecule has 5 heteroatoms. The number of aromatic nitrogens is 1. The Hall–Kier alpha value is -0.850. The van der Waals surface area contributed by atoms with Crippen molar-refractivity contribution in [3.8, 4) is 0 Å². The molecule has 0 aliphatic heterocycles. The highest BCUT2D eigenvalue weighted by atomic mass is 127. The zero-order valence-corrected chi connectivity index (χ0v) is 8.83. The molecule has 0 bridgehead atoms. The molecule has 0 aliphatic carbocycles. The number of benzene rings is 1. The first-order valence-electron chi connectivity index (χ1n) is 3.54. The molecule has 1 aromatic carbocycles. The molecule has 0 radical (unpaired) electrons. The predicted molar refractivity (Wildman–Crippen MR) is 54.1 cm³/mol. The van der Waals surface area contributed by atoms with Gasteiger partial charge in [0.25, 0.3) is 0 Å². The number of nitrogens with zero attached hydrogens (tertiary/aromatic N) is 1. The van der Waals surface area contributed by atoms with E-state index in [0.717, 1.165) is 0 Å². The number of aryl methyl sites for hydroxylation is 1. The van der Waals surface area contributed by atoms with Crippen LogP contribution in [-0.2, 0) is 7.05 Å². The van der Waals surface area contributed by atoms with Crippen molar-refractivity contribution in [3.63, 3.8) is 0 Å². The van der Waals surface area contributed by atoms with Crippen LogP contribution in [0.5, 0.6) is 0 Å². The molecule has 0 spiro atoms. The Morgan fingerprint density at radius 2 is 2.23 bits per heavy atom. The first-order valence-corrected chi connectivity index (χ1v) is 4.62. The summed E-state index contributed by atoms with van der Waals surface area (Å²) in [5.74, 6) is -0.848. The lowest BCUT2D eigenvalue weighted by Gasteiger charge is -1.94. The Labute approximate surface area is 86.3 Å². The summed E-state index contributed by atoms with van der Waals surface area (Å²) in [7, 11) is 1.59. The second-order valence-electron chi connectivity index (χ2n) is 2.66. The quantitative estimate of drug-likeness (QED) is 0.695. The van der Waals surface area contributed by atoms with Crippen molar-refractivity contribution < 1.29 is 8.81 Å². The summed E-state index contributed by atoms with van der Waals surface area (Å²) in [6.07, 6.45) is 0. The zero-order chi connectivity index (χ0) is 9.59. The molecule has 1 aromatic heterocycles. The van der Waals surface area contributed by atoms with Gasteiger partial charge in [-0.15, -0.1) is 0 Å². The average molecular weight is 293 g/mol. The van der Waals surface area contributed by atoms with E-state index >= 15 is 0 Å². The van der Waals surface area contributed by atoms with Gasteiger partial charge in [-0.2, -0.15) is 0 Å². The van der Waals surface area contributed by atoms with Crippen molar-refractivity contribution in [2.45, 2.75) is 0 Å². The van der Waals surface area contributed by atoms with E-state index < -0.39 is 5.76 Å². The number of rotatable bonds is 0. The van der Waals surface area contributed by atoms with E-state index in [-0.39, 0.29) is 11.4 Å². The van der Waals surface area contributed by atoms with Gasteiger partial charge in [0.15, 0.2) is 5.58 Å². The molecule has 0 N–H and O–H groups in total. The Kier molecular flexibility index (Phi) is 1.90. The lowest BCUT2D eigenvalue weighted by atomic mass is 10.3. The molecule has 3 nitrogen and oxygen atoms in total. The normalized spacial score (nSPS) is 11.0. The van der Waals surface area contributed by atoms with Crippen molar-refractivity contribution in [2.24, 2.45) is 7.05 Å². The molecule has 2 aromatic rings. The van der Waals surface area contributed by atoms with Gasteiger partial charge in [0.2, 0.25) is 0 Å². The lowest BCUT2D eigenvalue weighted by molar-refractivity contribution is 0.525. The van der Waals surface area contributed by atoms with Gasteiger partial charge in [0.05, 0.1) is 9.09 Å². The van der Waals surface area contributed by atoms with E-state index in [1.807, 2.05) is 22.6 Å². The monoisotopic (exact) mass is 293 g/mol. The van der Waals surface area contributed by atoms with Gasteiger partial charge >= 0.3 is 5.76 Å². The van der Waals surface area contributed by atoms with Crippen molar-refractivity contribution >= 4 is 33.7 Å². The van der Waals surface area contributed by atoms with Crippen LogP contribution in [0.3, 0.4) is 0 Å². The van der Waals surface area contributed by atoms with Gasteiger partial charge in [0.1, 0.15) is 5.82 Å². The van der Waals surface area contributed by atoms with Crippen molar-refractivity contribution in [2.75, 3.05) is 0 Å². The maximum atomic E-state index is 13.0. The van der Waals surface area contributed by atoms with Gasteiger partial charge in [-0.1, -0.05) is 0 Å². The van der Waals surface area contributed by atoms with Gasteiger partial charge in [-0.25, -0.2) is 9.18 Å². The van der Waals surface area contributed by atoms with E-state index in [9.17, 15) is 9.18 Å². The molecule has 0 unspecified atom stereocenters. The molecule has 0 atom stereocenters. The van der Waals surface area contributed by atoms with E-state index in [4.69, 9.17) is 4.42 Å². The molecule has 0 fully saturated rings. The summed E-state index contributed by atoms with van der Waals surface area (Å²) in [5.41, 5.74) is 0.890. The minimum Gasteiger partial charge on any atom is -0.408 e. The molecule has 0 aliphatic rings. The van der Waals surface area contributed by atoms with Crippen LogP contribution < -0.4 is 5.76 Å². The van der Waals surface area contributed by atoms with Crippen molar-refractivity contribution in [1.29, 1.82) is 0 Å². The number of halogens is 2. The molecule has 1 heterocycles. The first kappa shape index (κ1) is 8.74. The molecule has 0 amide bonds. The topological polar surface area (TPSA) is 35.1 Å². The Morgan fingerprint density at radius 3 is 2.92 bits per heavy atom. The van der Waals surface area contributed by atoms with E-state index in [0.29, 0.717) is 9.09 Å². The van der Waals surface area contributed by atoms with Gasteiger partial charge in [0, 0.05) is 13.1 Å². The predicted octanol–water partition coefficient (Wildman–Crippen LogP) is 1.88. The Bertz CT molecular complexity index is 529. The van der Waals surface area contributed by atoms with Crippen LogP contribution in [0.15, 0.2) is 21.3 Å². The summed E-state index contributed by atoms with van der Waals surface area (Å²) >= 11 is 1.87. The molecule has 2 rings (SSSR count). The Morgan fingerprint density at radius 1 is 1.54 bits per heavy atom. The fourth-order valence-corrected chi connectivity index (χ4v) is 1.57. The van der Waals surface area contributed by atoms with Crippen LogP contribution in [0.1, 0.15) is 0 Å². The second-order valence-corrected chi connectivity index (χ2v) is 3.82. The van der Waals surface area contributed by atoms with E-state index in [1.165, 1.54) is 10.6 Å². The van der Waals surface area contributed by atoms with Gasteiger partial charge in [-0.05, 0) is 28.7 Å². The van der Waals surface area contributed by atoms with Crippen LogP contribution in [0.4, 0.5) is 4.39 Å². The third kappa shape index (κ3) is 1.27. The number of hydrogen-bond acceptors (Lipinski definition) is 2. The standard InChI is InChI=1S/C8H5FINO2/c1-11-6-3-5(10)4(9)2-7(6)13-8(11)12/h2-3H,1H3. The van der Waals surface area contributed by atoms with Gasteiger partial charge < -0.3 is 4.42 Å². The average Bonchev–Trinajstić information content (AvgIpc) is 2.32. The Balaban J connectivity index is 2.97. The highest BCUT2D eigenvalue weighted by Crippen LogP contribution is 2.18. The van der Waals surface area contributed by atoms with Crippen LogP contribution in [0, 0.1) is 9.39 Å². The lowest BCUT2D eigenvalue weighted by Crippen LogP contribution is -2.08. The summed E-state index contributed by atoms with van der Waals surface area (Å²) in [6, 6.07) is 2.80. The largest absolute Gasteiger partial charge is 0.419 e. The van der Waals surface area contributed by atoms with Gasteiger partial charge in [-0.3, -0.25) is 4.57 Å². The third-order valence-electron chi connectivity index (χ3n) is 1.83. The SMILES string of the molecule is Cn1c(=O)oc2cc(F)c(I)cc21. The highest BCUT2D eigenvalue weighted by Gasteiger charge is 2.09. The molecular weight excluding hydrogens is 288 g/mol.